The summed E-state index contributed by atoms with van der Waals surface area (Å²) in [4.78, 5) is 2.36. The minimum Gasteiger partial charge on any atom is -0.455 e. The Labute approximate surface area is 366 Å². The van der Waals surface area contributed by atoms with Crippen molar-refractivity contribution in [2.45, 2.75) is 0 Å². The second-order valence-corrected chi connectivity index (χ2v) is 16.1. The van der Waals surface area contributed by atoms with Crippen LogP contribution in [-0.2, 0) is 0 Å². The van der Waals surface area contributed by atoms with Gasteiger partial charge in [-0.2, -0.15) is 0 Å². The van der Waals surface area contributed by atoms with Gasteiger partial charge in [0.1, 0.15) is 11.2 Å². The van der Waals surface area contributed by atoms with Gasteiger partial charge in [-0.25, -0.2) is 0 Å². The Balaban J connectivity index is 0.940. The van der Waals surface area contributed by atoms with Gasteiger partial charge in [0, 0.05) is 49.9 Å². The summed E-state index contributed by atoms with van der Waals surface area (Å²) in [6.45, 7) is 0. The lowest BCUT2D eigenvalue weighted by Gasteiger charge is -2.27. The van der Waals surface area contributed by atoms with Crippen molar-refractivity contribution in [3.63, 3.8) is 0 Å². The number of rotatable bonds is 8. The third-order valence-corrected chi connectivity index (χ3v) is 12.4. The maximum absolute atomic E-state index is 6.67. The molecule has 2 heterocycles. The molecule has 0 amide bonds. The van der Waals surface area contributed by atoms with E-state index in [1.807, 2.05) is 6.07 Å². The monoisotopic (exact) mass is 804 g/mol. The Bertz CT molecular complexity index is 3570. The van der Waals surface area contributed by atoms with Gasteiger partial charge in [-0.05, 0) is 112 Å². The first-order valence-electron chi connectivity index (χ1n) is 21.5. The van der Waals surface area contributed by atoms with Gasteiger partial charge in [0.15, 0.2) is 0 Å². The third-order valence-electron chi connectivity index (χ3n) is 12.4. The SMILES string of the molecule is c1ccc(-c2cccc(N(c3ccc(-c4cccc(-n5c6ccccc6c6ccccc65)c4)cc3)c3cccc(-c4ccc5c(c4)oc4c(-c6ccccc6)cccc45)c3)c2)cc1. The molecule has 0 saturated heterocycles. The van der Waals surface area contributed by atoms with Gasteiger partial charge in [-0.1, -0.05) is 170 Å². The number of para-hydroxylation sites is 3. The van der Waals surface area contributed by atoms with Crippen LogP contribution in [0.2, 0.25) is 0 Å². The number of nitrogens with zero attached hydrogens (tertiary/aromatic N) is 2. The molecule has 0 unspecified atom stereocenters. The summed E-state index contributed by atoms with van der Waals surface area (Å²) < 4.78 is 9.05. The number of hydrogen-bond donors (Lipinski definition) is 0. The number of benzene rings is 10. The van der Waals surface area contributed by atoms with E-state index < -0.39 is 0 Å². The molecule has 0 aliphatic rings. The lowest BCUT2D eigenvalue weighted by Crippen LogP contribution is -2.10. The first-order valence-corrected chi connectivity index (χ1v) is 21.5. The number of aromatic nitrogens is 1. The predicted octanol–water partition coefficient (Wildman–Crippen LogP) is 16.8. The first kappa shape index (κ1) is 36.5. The van der Waals surface area contributed by atoms with Crippen LogP contribution in [0, 0.1) is 0 Å². The number of fused-ring (bicyclic) bond motifs is 6. The minimum atomic E-state index is 0.876. The van der Waals surface area contributed by atoms with Crippen molar-refractivity contribution in [2.24, 2.45) is 0 Å². The molecule has 0 atom stereocenters. The molecule has 0 bridgehead atoms. The van der Waals surface area contributed by atoms with E-state index in [0.717, 1.165) is 83.6 Å². The molecule has 3 nitrogen and oxygen atoms in total. The van der Waals surface area contributed by atoms with Crippen molar-refractivity contribution in [1.82, 2.24) is 4.57 Å². The topological polar surface area (TPSA) is 21.3 Å². The standard InChI is InChI=1S/C60H40N2O/c1-3-15-41(16-4-1)44-19-11-22-49(37-44)61(48-34-31-42(32-35-48)45-20-12-24-51(38-45)62-57-29-9-7-25-53(57)54-26-8-10-30-58(54)62)50-23-13-21-46(39-50)47-33-36-55-56-28-14-27-52(43-17-5-2-6-18-43)60(56)63-59(55)40-47/h1-40H. The van der Waals surface area contributed by atoms with Crippen molar-refractivity contribution >= 4 is 60.8 Å². The Morgan fingerprint density at radius 3 is 1.48 bits per heavy atom. The Morgan fingerprint density at radius 2 is 0.794 bits per heavy atom. The fourth-order valence-electron chi connectivity index (χ4n) is 9.38. The van der Waals surface area contributed by atoms with Gasteiger partial charge in [0.25, 0.3) is 0 Å². The average Bonchev–Trinajstić information content (AvgIpc) is 3.91. The molecule has 63 heavy (non-hydrogen) atoms. The van der Waals surface area contributed by atoms with E-state index >= 15 is 0 Å². The highest BCUT2D eigenvalue weighted by atomic mass is 16.3. The quantitative estimate of drug-likeness (QED) is 0.153. The maximum Gasteiger partial charge on any atom is 0.143 e. The van der Waals surface area contributed by atoms with Gasteiger partial charge in [-0.15, -0.1) is 0 Å². The molecule has 0 aliphatic heterocycles. The molecule has 0 fully saturated rings. The highest BCUT2D eigenvalue weighted by molar-refractivity contribution is 6.11. The number of hydrogen-bond acceptors (Lipinski definition) is 2. The molecule has 3 heteroatoms. The van der Waals surface area contributed by atoms with E-state index in [1.54, 1.807) is 0 Å². The maximum atomic E-state index is 6.67. The van der Waals surface area contributed by atoms with Gasteiger partial charge in [-0.3, -0.25) is 0 Å². The zero-order chi connectivity index (χ0) is 41.7. The van der Waals surface area contributed by atoms with Crippen LogP contribution < -0.4 is 4.90 Å². The van der Waals surface area contributed by atoms with Crippen LogP contribution in [-0.4, -0.2) is 4.57 Å². The lowest BCUT2D eigenvalue weighted by molar-refractivity contribution is 0.670. The number of anilines is 3. The summed E-state index contributed by atoms with van der Waals surface area (Å²) in [6.07, 6.45) is 0. The van der Waals surface area contributed by atoms with Crippen LogP contribution >= 0.6 is 0 Å². The Morgan fingerprint density at radius 1 is 0.302 bits per heavy atom. The molecule has 0 saturated carbocycles. The summed E-state index contributed by atoms with van der Waals surface area (Å²) >= 11 is 0. The molecule has 10 aromatic carbocycles. The summed E-state index contributed by atoms with van der Waals surface area (Å²) in [5, 5.41) is 4.76. The van der Waals surface area contributed by atoms with E-state index in [4.69, 9.17) is 4.42 Å². The number of furan rings is 1. The van der Waals surface area contributed by atoms with Gasteiger partial charge in [0.2, 0.25) is 0 Å². The van der Waals surface area contributed by atoms with Crippen molar-refractivity contribution < 1.29 is 4.42 Å². The highest BCUT2D eigenvalue weighted by Crippen LogP contribution is 2.42. The van der Waals surface area contributed by atoms with Crippen LogP contribution in [0.25, 0.3) is 93.9 Å². The minimum absolute atomic E-state index is 0.876. The Kier molecular flexibility index (Phi) is 8.83. The molecule has 0 aliphatic carbocycles. The van der Waals surface area contributed by atoms with Gasteiger partial charge < -0.3 is 13.9 Å². The van der Waals surface area contributed by atoms with E-state index in [-0.39, 0.29) is 0 Å². The molecular formula is C60H40N2O. The van der Waals surface area contributed by atoms with Crippen LogP contribution in [0.3, 0.4) is 0 Å². The van der Waals surface area contributed by atoms with E-state index in [9.17, 15) is 0 Å². The molecule has 0 N–H and O–H groups in total. The normalized spacial score (nSPS) is 11.5. The molecule has 0 spiro atoms. The van der Waals surface area contributed by atoms with Crippen molar-refractivity contribution in [3.05, 3.63) is 243 Å². The highest BCUT2D eigenvalue weighted by Gasteiger charge is 2.18. The predicted molar refractivity (Wildman–Crippen MR) is 264 cm³/mol. The second kappa shape index (κ2) is 15.3. The summed E-state index contributed by atoms with van der Waals surface area (Å²) in [6, 6.07) is 87.0. The van der Waals surface area contributed by atoms with Crippen molar-refractivity contribution in [3.8, 4) is 50.2 Å². The summed E-state index contributed by atoms with van der Waals surface area (Å²) in [7, 11) is 0. The summed E-state index contributed by atoms with van der Waals surface area (Å²) in [5.41, 5.74) is 17.7. The first-order chi connectivity index (χ1) is 31.2. The lowest BCUT2D eigenvalue weighted by atomic mass is 10.00. The smallest absolute Gasteiger partial charge is 0.143 e. The van der Waals surface area contributed by atoms with Gasteiger partial charge in [0.05, 0.1) is 11.0 Å². The fourth-order valence-corrected chi connectivity index (χ4v) is 9.38. The van der Waals surface area contributed by atoms with Crippen LogP contribution in [0.15, 0.2) is 247 Å². The zero-order valence-corrected chi connectivity index (χ0v) is 34.4. The van der Waals surface area contributed by atoms with Crippen LogP contribution in [0.4, 0.5) is 17.1 Å². The zero-order valence-electron chi connectivity index (χ0n) is 34.4. The Hall–Kier alpha value is -8.40. The molecular weight excluding hydrogens is 765 g/mol. The van der Waals surface area contributed by atoms with Crippen molar-refractivity contribution in [2.75, 3.05) is 4.90 Å². The van der Waals surface area contributed by atoms with Gasteiger partial charge >= 0.3 is 0 Å². The van der Waals surface area contributed by atoms with E-state index in [0.29, 0.717) is 0 Å². The summed E-state index contributed by atoms with van der Waals surface area (Å²) in [5.74, 6) is 0. The molecule has 0 radical (unpaired) electrons. The molecule has 12 aromatic rings. The largest absolute Gasteiger partial charge is 0.455 e. The molecule has 12 rings (SSSR count). The van der Waals surface area contributed by atoms with Crippen LogP contribution in [0.1, 0.15) is 0 Å². The van der Waals surface area contributed by atoms with E-state index in [2.05, 4.69) is 246 Å². The third kappa shape index (κ3) is 6.46. The van der Waals surface area contributed by atoms with Crippen molar-refractivity contribution in [1.29, 1.82) is 0 Å². The van der Waals surface area contributed by atoms with Crippen LogP contribution in [0.5, 0.6) is 0 Å². The molecule has 296 valence electrons. The average molecular weight is 805 g/mol. The second-order valence-electron chi connectivity index (χ2n) is 16.1. The molecule has 2 aromatic heterocycles. The van der Waals surface area contributed by atoms with E-state index in [1.165, 1.54) is 27.4 Å². The fraction of sp³-hybridized carbons (Fsp3) is 0.